The number of nitro groups is 1. The van der Waals surface area contributed by atoms with Crippen LogP contribution < -0.4 is 5.32 Å². The minimum Gasteiger partial charge on any atom is -0.376 e. The molecule has 116 valence electrons. The summed E-state index contributed by atoms with van der Waals surface area (Å²) in [5, 5.41) is 15.1. The molecule has 0 radical (unpaired) electrons. The number of non-ortho nitro benzene ring substituents is 1. The van der Waals surface area contributed by atoms with Gasteiger partial charge in [0.2, 0.25) is 0 Å². The molecule has 4 rings (SSSR count). The molecule has 3 unspecified atom stereocenters. The van der Waals surface area contributed by atoms with Crippen molar-refractivity contribution in [1.29, 1.82) is 0 Å². The van der Waals surface area contributed by atoms with Crippen molar-refractivity contribution in [3.63, 3.8) is 0 Å². The lowest BCUT2D eigenvalue weighted by Gasteiger charge is -2.37. The predicted molar refractivity (Wildman–Crippen MR) is 90.9 cm³/mol. The van der Waals surface area contributed by atoms with Crippen LogP contribution in [0.5, 0.6) is 0 Å². The quantitative estimate of drug-likeness (QED) is 0.476. The summed E-state index contributed by atoms with van der Waals surface area (Å²) in [6.07, 6.45) is 5.45. The predicted octanol–water partition coefficient (Wildman–Crippen LogP) is 5.07. The molecule has 2 aliphatic rings. The molecule has 4 nitrogen and oxygen atoms in total. The Hall–Kier alpha value is -2.33. The number of hydrogen-bond donors (Lipinski definition) is 1. The van der Waals surface area contributed by atoms with Gasteiger partial charge in [-0.3, -0.25) is 10.1 Å². The van der Waals surface area contributed by atoms with E-state index in [9.17, 15) is 10.1 Å². The Kier molecular flexibility index (Phi) is 3.34. The van der Waals surface area contributed by atoms with Crippen LogP contribution in [-0.2, 0) is 0 Å². The van der Waals surface area contributed by atoms with Crippen LogP contribution in [0, 0.1) is 16.0 Å². The summed E-state index contributed by atoms with van der Waals surface area (Å²) in [7, 11) is 0. The topological polar surface area (TPSA) is 55.2 Å². The zero-order valence-electron chi connectivity index (χ0n) is 12.3. The van der Waals surface area contributed by atoms with E-state index in [-0.39, 0.29) is 16.7 Å². The van der Waals surface area contributed by atoms with Gasteiger partial charge in [0.15, 0.2) is 0 Å². The van der Waals surface area contributed by atoms with E-state index >= 15 is 0 Å². The maximum absolute atomic E-state index is 10.8. The van der Waals surface area contributed by atoms with Crippen molar-refractivity contribution in [3.05, 3.63) is 80.9 Å². The summed E-state index contributed by atoms with van der Waals surface area (Å²) in [6.45, 7) is 0. The third-order valence-electron chi connectivity index (χ3n) is 4.81. The first-order valence-corrected chi connectivity index (χ1v) is 7.99. The van der Waals surface area contributed by atoms with Gasteiger partial charge in [0.05, 0.1) is 21.7 Å². The SMILES string of the molecule is O=[N+]([O-])c1ccc(C2Nc3c(Cl)cccc3C3C=CCC32)cc1. The molecule has 0 aromatic heterocycles. The number of allylic oxidation sites excluding steroid dienone is 2. The van der Waals surface area contributed by atoms with Gasteiger partial charge in [-0.25, -0.2) is 0 Å². The third-order valence-corrected chi connectivity index (χ3v) is 5.12. The summed E-state index contributed by atoms with van der Waals surface area (Å²) in [6, 6.07) is 12.9. The second-order valence-electron chi connectivity index (χ2n) is 6.03. The highest BCUT2D eigenvalue weighted by atomic mass is 35.5. The summed E-state index contributed by atoms with van der Waals surface area (Å²) in [4.78, 5) is 10.5. The molecule has 0 fully saturated rings. The Morgan fingerprint density at radius 2 is 1.96 bits per heavy atom. The Balaban J connectivity index is 1.75. The second-order valence-corrected chi connectivity index (χ2v) is 6.44. The normalized spacial score (nSPS) is 24.7. The molecule has 3 atom stereocenters. The van der Waals surface area contributed by atoms with Crippen LogP contribution in [0.15, 0.2) is 54.6 Å². The summed E-state index contributed by atoms with van der Waals surface area (Å²) < 4.78 is 0. The molecular weight excluding hydrogens is 312 g/mol. The van der Waals surface area contributed by atoms with E-state index in [0.29, 0.717) is 16.9 Å². The smallest absolute Gasteiger partial charge is 0.269 e. The minimum atomic E-state index is -0.371. The molecule has 1 N–H and O–H groups in total. The molecule has 1 aliphatic heterocycles. The average molecular weight is 327 g/mol. The molecule has 0 amide bonds. The average Bonchev–Trinajstić information content (AvgIpc) is 3.04. The van der Waals surface area contributed by atoms with Crippen molar-refractivity contribution in [1.82, 2.24) is 0 Å². The van der Waals surface area contributed by atoms with Gasteiger partial charge in [-0.1, -0.05) is 48.0 Å². The molecule has 23 heavy (non-hydrogen) atoms. The number of nitrogens with zero attached hydrogens (tertiary/aromatic N) is 1. The number of nitrogens with one attached hydrogen (secondary N) is 1. The molecule has 1 aliphatic carbocycles. The lowest BCUT2D eigenvalue weighted by Crippen LogP contribution is -2.29. The second kappa shape index (κ2) is 5.39. The van der Waals surface area contributed by atoms with Gasteiger partial charge in [-0.2, -0.15) is 0 Å². The highest BCUT2D eigenvalue weighted by Crippen LogP contribution is 2.51. The highest BCUT2D eigenvalue weighted by molar-refractivity contribution is 6.33. The highest BCUT2D eigenvalue weighted by Gasteiger charge is 2.38. The number of para-hydroxylation sites is 1. The van der Waals surface area contributed by atoms with Crippen LogP contribution in [0.25, 0.3) is 0 Å². The molecule has 2 aromatic carbocycles. The number of fused-ring (bicyclic) bond motifs is 3. The lowest BCUT2D eigenvalue weighted by molar-refractivity contribution is -0.384. The van der Waals surface area contributed by atoms with E-state index in [1.807, 2.05) is 24.3 Å². The van der Waals surface area contributed by atoms with Gasteiger partial charge >= 0.3 is 0 Å². The van der Waals surface area contributed by atoms with E-state index in [4.69, 9.17) is 11.6 Å². The van der Waals surface area contributed by atoms with Crippen LogP contribution in [-0.4, -0.2) is 4.92 Å². The van der Waals surface area contributed by atoms with Gasteiger partial charge in [0, 0.05) is 18.1 Å². The first kappa shape index (κ1) is 14.3. The zero-order valence-corrected chi connectivity index (χ0v) is 13.0. The van der Waals surface area contributed by atoms with Crippen LogP contribution in [0.2, 0.25) is 5.02 Å². The van der Waals surface area contributed by atoms with Crippen LogP contribution in [0.3, 0.4) is 0 Å². The zero-order chi connectivity index (χ0) is 16.0. The molecular formula is C18H15ClN2O2. The number of benzene rings is 2. The van der Waals surface area contributed by atoms with Crippen molar-refractivity contribution in [3.8, 4) is 0 Å². The summed E-state index contributed by atoms with van der Waals surface area (Å²) in [5.41, 5.74) is 3.38. The van der Waals surface area contributed by atoms with Crippen molar-refractivity contribution >= 4 is 23.0 Å². The van der Waals surface area contributed by atoms with Gasteiger partial charge in [0.1, 0.15) is 0 Å². The van der Waals surface area contributed by atoms with E-state index < -0.39 is 0 Å². The fraction of sp³-hybridized carbons (Fsp3) is 0.222. The molecule has 5 heteroatoms. The van der Waals surface area contributed by atoms with Crippen molar-refractivity contribution in [2.24, 2.45) is 5.92 Å². The van der Waals surface area contributed by atoms with Gasteiger partial charge < -0.3 is 5.32 Å². The first-order chi connectivity index (χ1) is 11.1. The maximum Gasteiger partial charge on any atom is 0.269 e. The number of hydrogen-bond acceptors (Lipinski definition) is 3. The molecule has 0 saturated carbocycles. The number of nitro benzene ring substituents is 1. The number of rotatable bonds is 2. The molecule has 0 bridgehead atoms. The summed E-state index contributed by atoms with van der Waals surface area (Å²) >= 11 is 6.38. The Morgan fingerprint density at radius 1 is 1.17 bits per heavy atom. The van der Waals surface area contributed by atoms with Crippen LogP contribution in [0.1, 0.15) is 29.5 Å². The van der Waals surface area contributed by atoms with Gasteiger partial charge in [0.25, 0.3) is 5.69 Å². The lowest BCUT2D eigenvalue weighted by atomic mass is 9.77. The van der Waals surface area contributed by atoms with Crippen molar-refractivity contribution in [2.75, 3.05) is 5.32 Å². The van der Waals surface area contributed by atoms with Crippen LogP contribution in [0.4, 0.5) is 11.4 Å². The van der Waals surface area contributed by atoms with Crippen LogP contribution >= 0.6 is 11.6 Å². The molecule has 1 heterocycles. The van der Waals surface area contributed by atoms with E-state index in [1.165, 1.54) is 5.56 Å². The standard InChI is InChI=1S/C18H15ClN2O2/c19-16-6-2-5-15-13-3-1-4-14(13)17(20-18(15)16)11-7-9-12(10-8-11)21(22)23/h1-3,5-10,13-14,17,20H,4H2. The number of halogens is 1. The number of anilines is 1. The Labute approximate surface area is 138 Å². The third kappa shape index (κ3) is 2.30. The Morgan fingerprint density at radius 3 is 2.70 bits per heavy atom. The molecule has 0 saturated heterocycles. The van der Waals surface area contributed by atoms with E-state index in [0.717, 1.165) is 17.7 Å². The van der Waals surface area contributed by atoms with Crippen molar-refractivity contribution in [2.45, 2.75) is 18.4 Å². The summed E-state index contributed by atoms with van der Waals surface area (Å²) in [5.74, 6) is 0.743. The Bertz CT molecular complexity index is 801. The first-order valence-electron chi connectivity index (χ1n) is 7.61. The van der Waals surface area contributed by atoms with Gasteiger partial charge in [-0.05, 0) is 29.5 Å². The fourth-order valence-corrected chi connectivity index (χ4v) is 3.95. The minimum absolute atomic E-state index is 0.100. The van der Waals surface area contributed by atoms with E-state index in [1.54, 1.807) is 12.1 Å². The monoisotopic (exact) mass is 326 g/mol. The largest absolute Gasteiger partial charge is 0.376 e. The van der Waals surface area contributed by atoms with E-state index in [2.05, 4.69) is 23.5 Å². The molecule has 2 aromatic rings. The van der Waals surface area contributed by atoms with Gasteiger partial charge in [-0.15, -0.1) is 0 Å². The molecule has 0 spiro atoms. The van der Waals surface area contributed by atoms with Crippen molar-refractivity contribution < 1.29 is 4.92 Å². The fourth-order valence-electron chi connectivity index (χ4n) is 3.72. The maximum atomic E-state index is 10.8.